The van der Waals surface area contributed by atoms with Gasteiger partial charge in [0.2, 0.25) is 0 Å². The summed E-state index contributed by atoms with van der Waals surface area (Å²) in [6, 6.07) is 0. The van der Waals surface area contributed by atoms with Crippen LogP contribution in [0.15, 0.2) is 11.5 Å². The smallest absolute Gasteiger partial charge is 0.152 e. The van der Waals surface area contributed by atoms with E-state index in [1.807, 2.05) is 0 Å². The van der Waals surface area contributed by atoms with E-state index in [1.54, 1.807) is 11.3 Å². The maximum absolute atomic E-state index is 4.70. The molecule has 0 atom stereocenters. The van der Waals surface area contributed by atoms with Gasteiger partial charge in [0, 0.05) is 6.54 Å². The number of aryl methyl sites for hydroxylation is 2. The highest BCUT2D eigenvalue weighted by Crippen LogP contribution is 2.26. The van der Waals surface area contributed by atoms with E-state index < -0.39 is 0 Å². The van der Waals surface area contributed by atoms with E-state index in [-0.39, 0.29) is 0 Å². The van der Waals surface area contributed by atoms with Crippen LogP contribution in [-0.4, -0.2) is 34.5 Å². The Kier molecular flexibility index (Phi) is 4.13. The highest BCUT2D eigenvalue weighted by Gasteiger charge is 2.10. The fourth-order valence-corrected chi connectivity index (χ4v) is 3.75. The Balaban J connectivity index is 1.83. The second-order valence-corrected chi connectivity index (χ2v) is 6.27. The van der Waals surface area contributed by atoms with Gasteiger partial charge in [0.25, 0.3) is 0 Å². The topological polar surface area (TPSA) is 29.0 Å². The molecule has 4 heteroatoms. The van der Waals surface area contributed by atoms with Crippen molar-refractivity contribution in [2.75, 3.05) is 19.6 Å². The van der Waals surface area contributed by atoms with Crippen molar-refractivity contribution in [2.24, 2.45) is 0 Å². The van der Waals surface area contributed by atoms with Gasteiger partial charge < -0.3 is 0 Å². The second-order valence-electron chi connectivity index (χ2n) is 5.39. The quantitative estimate of drug-likeness (QED) is 0.859. The molecule has 0 N–H and O–H groups in total. The Labute approximate surface area is 124 Å². The number of fused-ring (bicyclic) bond motifs is 1. The first kappa shape index (κ1) is 13.7. The van der Waals surface area contributed by atoms with Gasteiger partial charge in [0.1, 0.15) is 0 Å². The lowest BCUT2D eigenvalue weighted by molar-refractivity contribution is 0.378. The Morgan fingerprint density at radius 3 is 2.85 bits per heavy atom. The van der Waals surface area contributed by atoms with Crippen molar-refractivity contribution in [2.45, 2.75) is 33.1 Å². The van der Waals surface area contributed by atoms with Gasteiger partial charge in [-0.15, -0.1) is 11.3 Å². The van der Waals surface area contributed by atoms with E-state index in [9.17, 15) is 0 Å². The molecule has 20 heavy (non-hydrogen) atoms. The van der Waals surface area contributed by atoms with Crippen molar-refractivity contribution in [3.63, 3.8) is 0 Å². The predicted molar refractivity (Wildman–Crippen MR) is 86.2 cm³/mol. The lowest BCUT2D eigenvalue weighted by Crippen LogP contribution is -2.18. The summed E-state index contributed by atoms with van der Waals surface area (Å²) < 4.78 is 1.25. The van der Waals surface area contributed by atoms with Crippen molar-refractivity contribution >= 4 is 27.6 Å². The summed E-state index contributed by atoms with van der Waals surface area (Å²) in [6.45, 7) is 7.77. The van der Waals surface area contributed by atoms with Crippen LogP contribution in [0.2, 0.25) is 0 Å². The van der Waals surface area contributed by atoms with Crippen LogP contribution in [0, 0.1) is 6.92 Å². The zero-order chi connectivity index (χ0) is 13.9. The highest BCUT2D eigenvalue weighted by molar-refractivity contribution is 7.17. The average Bonchev–Trinajstić information content (AvgIpc) is 3.09. The van der Waals surface area contributed by atoms with Gasteiger partial charge in [-0.2, -0.15) is 0 Å². The second kappa shape index (κ2) is 6.02. The van der Waals surface area contributed by atoms with Crippen LogP contribution >= 0.6 is 11.3 Å². The Morgan fingerprint density at radius 1 is 1.30 bits per heavy atom. The molecule has 0 aromatic carbocycles. The van der Waals surface area contributed by atoms with Crippen LogP contribution in [0.1, 0.15) is 36.8 Å². The molecule has 0 spiro atoms. The van der Waals surface area contributed by atoms with E-state index in [4.69, 9.17) is 9.97 Å². The van der Waals surface area contributed by atoms with Crippen molar-refractivity contribution in [3.8, 4) is 0 Å². The molecule has 0 amide bonds. The minimum Gasteiger partial charge on any atom is -0.300 e. The zero-order valence-corrected chi connectivity index (χ0v) is 13.0. The molecule has 3 rings (SSSR count). The number of thiophene rings is 1. The molecule has 3 heterocycles. The summed E-state index contributed by atoms with van der Waals surface area (Å²) in [7, 11) is 0. The Morgan fingerprint density at radius 2 is 2.10 bits per heavy atom. The highest BCUT2D eigenvalue weighted by atomic mass is 32.1. The van der Waals surface area contributed by atoms with Gasteiger partial charge in [-0.05, 0) is 56.3 Å². The van der Waals surface area contributed by atoms with Crippen LogP contribution in [0.4, 0.5) is 0 Å². The fraction of sp³-hybridized carbons (Fsp3) is 0.500. The molecule has 3 nitrogen and oxygen atoms in total. The molecule has 0 aliphatic carbocycles. The zero-order valence-electron chi connectivity index (χ0n) is 12.2. The van der Waals surface area contributed by atoms with Crippen molar-refractivity contribution in [3.05, 3.63) is 28.5 Å². The van der Waals surface area contributed by atoms with Gasteiger partial charge in [0.15, 0.2) is 5.82 Å². The molecule has 2 aromatic rings. The Hall–Kier alpha value is -1.26. The van der Waals surface area contributed by atoms with E-state index in [0.29, 0.717) is 0 Å². The standard InChI is InChI=1S/C16H21N3S/c1-3-13-16-15(12(2)11-20-16)18-14(17-13)7-6-10-19-8-4-5-9-19/h6-7,11H,3-5,8-10H2,1-2H3/b7-6+. The van der Waals surface area contributed by atoms with Gasteiger partial charge in [0.05, 0.1) is 15.9 Å². The van der Waals surface area contributed by atoms with Gasteiger partial charge in [-0.1, -0.05) is 13.0 Å². The summed E-state index contributed by atoms with van der Waals surface area (Å²) in [5.41, 5.74) is 3.56. The third kappa shape index (κ3) is 2.76. The largest absolute Gasteiger partial charge is 0.300 e. The molecule has 2 aromatic heterocycles. The van der Waals surface area contributed by atoms with Crippen LogP contribution in [-0.2, 0) is 6.42 Å². The lowest BCUT2D eigenvalue weighted by Gasteiger charge is -2.10. The molecular formula is C16H21N3S. The average molecular weight is 287 g/mol. The maximum atomic E-state index is 4.70. The molecule has 0 bridgehead atoms. The first-order chi connectivity index (χ1) is 9.78. The Bertz CT molecular complexity index is 624. The van der Waals surface area contributed by atoms with Crippen molar-refractivity contribution in [1.82, 2.24) is 14.9 Å². The molecule has 0 unspecified atom stereocenters. The fourth-order valence-electron chi connectivity index (χ4n) is 2.70. The molecular weight excluding hydrogens is 266 g/mol. The van der Waals surface area contributed by atoms with E-state index in [1.165, 1.54) is 41.9 Å². The van der Waals surface area contributed by atoms with Crippen molar-refractivity contribution < 1.29 is 0 Å². The van der Waals surface area contributed by atoms with Crippen LogP contribution in [0.25, 0.3) is 16.3 Å². The first-order valence-corrected chi connectivity index (χ1v) is 8.29. The summed E-state index contributed by atoms with van der Waals surface area (Å²) >= 11 is 1.76. The predicted octanol–water partition coefficient (Wildman–Crippen LogP) is 3.67. The number of likely N-dealkylation sites (tertiary alicyclic amines) is 1. The number of nitrogens with zero attached hydrogens (tertiary/aromatic N) is 3. The molecule has 1 aliphatic rings. The van der Waals surface area contributed by atoms with E-state index in [0.717, 1.165) is 24.3 Å². The number of aromatic nitrogens is 2. The van der Waals surface area contributed by atoms with E-state index >= 15 is 0 Å². The minimum atomic E-state index is 0.857. The molecule has 0 radical (unpaired) electrons. The molecule has 1 saturated heterocycles. The number of hydrogen-bond donors (Lipinski definition) is 0. The molecule has 1 fully saturated rings. The normalized spacial score (nSPS) is 16.7. The van der Waals surface area contributed by atoms with Gasteiger partial charge in [-0.3, -0.25) is 4.90 Å². The van der Waals surface area contributed by atoms with Crippen molar-refractivity contribution in [1.29, 1.82) is 0 Å². The van der Waals surface area contributed by atoms with Gasteiger partial charge >= 0.3 is 0 Å². The van der Waals surface area contributed by atoms with Crippen LogP contribution in [0.5, 0.6) is 0 Å². The third-order valence-electron chi connectivity index (χ3n) is 3.84. The minimum absolute atomic E-state index is 0.857. The molecule has 106 valence electrons. The summed E-state index contributed by atoms with van der Waals surface area (Å²) in [4.78, 5) is 11.9. The summed E-state index contributed by atoms with van der Waals surface area (Å²) in [5.74, 6) is 0.857. The lowest BCUT2D eigenvalue weighted by atomic mass is 10.2. The SMILES string of the molecule is CCc1nc(/C=C/CN2CCCC2)nc2c(C)csc12. The number of hydrogen-bond acceptors (Lipinski definition) is 4. The molecule has 1 aliphatic heterocycles. The monoisotopic (exact) mass is 287 g/mol. The first-order valence-electron chi connectivity index (χ1n) is 7.41. The number of rotatable bonds is 4. The third-order valence-corrected chi connectivity index (χ3v) is 4.98. The van der Waals surface area contributed by atoms with Gasteiger partial charge in [-0.25, -0.2) is 9.97 Å². The van der Waals surface area contributed by atoms with Crippen LogP contribution < -0.4 is 0 Å². The van der Waals surface area contributed by atoms with Crippen LogP contribution in [0.3, 0.4) is 0 Å². The maximum Gasteiger partial charge on any atom is 0.152 e. The molecule has 0 saturated carbocycles. The summed E-state index contributed by atoms with van der Waals surface area (Å²) in [6.07, 6.45) is 7.92. The van der Waals surface area contributed by atoms with E-state index in [2.05, 4.69) is 36.3 Å². The summed E-state index contributed by atoms with van der Waals surface area (Å²) in [5, 5.41) is 2.18.